The largest absolute Gasteiger partial charge is 0.507 e. The first-order chi connectivity index (χ1) is 12.1. The van der Waals surface area contributed by atoms with Crippen LogP contribution in [-0.4, -0.2) is 19.5 Å². The van der Waals surface area contributed by atoms with Gasteiger partial charge < -0.3 is 10.4 Å². The molecule has 0 spiro atoms. The van der Waals surface area contributed by atoms with Crippen molar-refractivity contribution in [3.05, 3.63) is 58.7 Å². The molecule has 0 bridgehead atoms. The summed E-state index contributed by atoms with van der Waals surface area (Å²) in [6.07, 6.45) is 1.77. The van der Waals surface area contributed by atoms with Crippen molar-refractivity contribution >= 4 is 33.2 Å². The predicted molar refractivity (Wildman–Crippen MR) is 101 cm³/mol. The molecule has 1 aliphatic heterocycles. The summed E-state index contributed by atoms with van der Waals surface area (Å²) in [4.78, 5) is 9.07. The van der Waals surface area contributed by atoms with Crippen LogP contribution < -0.4 is 5.32 Å². The molecule has 5 rings (SSSR count). The lowest BCUT2D eigenvalue weighted by Gasteiger charge is -2.22. The van der Waals surface area contributed by atoms with E-state index in [0.29, 0.717) is 17.0 Å². The van der Waals surface area contributed by atoms with Crippen molar-refractivity contribution in [2.45, 2.75) is 6.92 Å². The van der Waals surface area contributed by atoms with Crippen LogP contribution in [0.3, 0.4) is 0 Å². The van der Waals surface area contributed by atoms with Gasteiger partial charge in [-0.3, -0.25) is 4.40 Å². The normalized spacial score (nSPS) is 12.1. The molecule has 0 radical (unpaired) electrons. The third-order valence-corrected chi connectivity index (χ3v) is 5.02. The van der Waals surface area contributed by atoms with E-state index in [1.807, 2.05) is 22.6 Å². The second kappa shape index (κ2) is 5.07. The molecule has 3 heterocycles. The highest BCUT2D eigenvalue weighted by Gasteiger charge is 2.25. The van der Waals surface area contributed by atoms with Crippen LogP contribution >= 0.6 is 15.9 Å². The van der Waals surface area contributed by atoms with E-state index < -0.39 is 0 Å². The van der Waals surface area contributed by atoms with Crippen molar-refractivity contribution in [2.75, 3.05) is 5.32 Å². The summed E-state index contributed by atoms with van der Waals surface area (Å²) in [6.45, 7) is 2.08. The van der Waals surface area contributed by atoms with E-state index in [-0.39, 0.29) is 5.75 Å². The van der Waals surface area contributed by atoms with Gasteiger partial charge in [0, 0.05) is 21.8 Å². The molecule has 2 N–H and O–H groups in total. The first-order valence-corrected chi connectivity index (χ1v) is 8.66. The van der Waals surface area contributed by atoms with E-state index in [9.17, 15) is 5.11 Å². The number of rotatable bonds is 1. The number of aromatic hydroxyl groups is 1. The van der Waals surface area contributed by atoms with Crippen LogP contribution in [0.25, 0.3) is 28.3 Å². The highest BCUT2D eigenvalue weighted by molar-refractivity contribution is 9.10. The second-order valence-corrected chi connectivity index (χ2v) is 6.97. The van der Waals surface area contributed by atoms with Gasteiger partial charge >= 0.3 is 0 Å². The Morgan fingerprint density at radius 1 is 1.12 bits per heavy atom. The van der Waals surface area contributed by atoms with E-state index in [4.69, 9.17) is 0 Å². The average molecular weight is 393 g/mol. The summed E-state index contributed by atoms with van der Waals surface area (Å²) >= 11 is 3.47. The Morgan fingerprint density at radius 3 is 2.88 bits per heavy atom. The summed E-state index contributed by atoms with van der Waals surface area (Å²) in [5.74, 6) is 1.59. The van der Waals surface area contributed by atoms with Gasteiger partial charge in [-0.25, -0.2) is 9.97 Å². The molecule has 2 aromatic carbocycles. The molecule has 0 unspecified atom stereocenters. The summed E-state index contributed by atoms with van der Waals surface area (Å²) in [7, 11) is 0. The lowest BCUT2D eigenvalue weighted by Crippen LogP contribution is -2.08. The van der Waals surface area contributed by atoms with E-state index in [1.165, 1.54) is 0 Å². The Hall–Kier alpha value is -2.86. The number of para-hydroxylation sites is 1. The quantitative estimate of drug-likeness (QED) is 0.425. The van der Waals surface area contributed by atoms with Crippen molar-refractivity contribution in [2.24, 2.45) is 0 Å². The number of nitrogens with one attached hydrogen (secondary N) is 1. The SMILES string of the molecule is Cc1cccc2c1Nc1c(-c3cc(Br)ccc3O)nc3nccc-2n13. The Balaban J connectivity index is 1.88. The Kier molecular flexibility index (Phi) is 2.93. The molecule has 0 aliphatic carbocycles. The number of anilines is 2. The molecular weight excluding hydrogens is 380 g/mol. The molecule has 1 aliphatic rings. The van der Waals surface area contributed by atoms with E-state index in [1.54, 1.807) is 18.3 Å². The van der Waals surface area contributed by atoms with Crippen LogP contribution in [0.1, 0.15) is 5.56 Å². The molecule has 4 aromatic rings. The average Bonchev–Trinajstić information content (AvgIpc) is 2.98. The molecular formula is C19H13BrN4O. The van der Waals surface area contributed by atoms with Crippen LogP contribution in [0.15, 0.2) is 53.1 Å². The molecule has 0 saturated carbocycles. The fraction of sp³-hybridized carbons (Fsp3) is 0.0526. The van der Waals surface area contributed by atoms with Gasteiger partial charge in [0.05, 0.1) is 11.4 Å². The fourth-order valence-electron chi connectivity index (χ4n) is 3.35. The number of halogens is 1. The van der Waals surface area contributed by atoms with Crippen LogP contribution in [0, 0.1) is 6.92 Å². The van der Waals surface area contributed by atoms with Gasteiger partial charge in [-0.15, -0.1) is 0 Å². The van der Waals surface area contributed by atoms with Crippen molar-refractivity contribution in [1.82, 2.24) is 14.4 Å². The van der Waals surface area contributed by atoms with Gasteiger partial charge in [0.15, 0.2) is 0 Å². The highest BCUT2D eigenvalue weighted by atomic mass is 79.9. The number of fused-ring (bicyclic) bond motifs is 2. The minimum Gasteiger partial charge on any atom is -0.507 e. The molecule has 122 valence electrons. The zero-order valence-electron chi connectivity index (χ0n) is 13.3. The first-order valence-electron chi connectivity index (χ1n) is 7.87. The summed E-state index contributed by atoms with van der Waals surface area (Å²) in [5.41, 5.74) is 5.68. The van der Waals surface area contributed by atoms with Gasteiger partial charge in [0.25, 0.3) is 0 Å². The topological polar surface area (TPSA) is 62.5 Å². The van der Waals surface area contributed by atoms with Crippen LogP contribution in [0.5, 0.6) is 5.75 Å². The molecule has 5 nitrogen and oxygen atoms in total. The first kappa shape index (κ1) is 14.5. The van der Waals surface area contributed by atoms with E-state index in [2.05, 4.69) is 50.3 Å². The number of benzene rings is 2. The maximum atomic E-state index is 10.4. The van der Waals surface area contributed by atoms with Gasteiger partial charge in [-0.1, -0.05) is 34.1 Å². The van der Waals surface area contributed by atoms with Gasteiger partial charge in [-0.05, 0) is 36.8 Å². The highest BCUT2D eigenvalue weighted by Crippen LogP contribution is 2.44. The smallest absolute Gasteiger partial charge is 0.236 e. The number of aryl methyl sites for hydroxylation is 1. The van der Waals surface area contributed by atoms with E-state index in [0.717, 1.165) is 32.8 Å². The number of imidazole rings is 1. The molecule has 0 amide bonds. The molecule has 6 heteroatoms. The number of phenolic OH excluding ortho intramolecular Hbond substituents is 1. The predicted octanol–water partition coefficient (Wildman–Crippen LogP) is 4.90. The monoisotopic (exact) mass is 392 g/mol. The molecule has 2 aromatic heterocycles. The number of nitrogens with zero attached hydrogens (tertiary/aromatic N) is 3. The van der Waals surface area contributed by atoms with Crippen molar-refractivity contribution in [3.63, 3.8) is 0 Å². The molecule has 0 atom stereocenters. The van der Waals surface area contributed by atoms with Crippen LogP contribution in [0.4, 0.5) is 11.5 Å². The summed E-state index contributed by atoms with van der Waals surface area (Å²) < 4.78 is 2.88. The van der Waals surface area contributed by atoms with Crippen LogP contribution in [0.2, 0.25) is 0 Å². The zero-order chi connectivity index (χ0) is 17.1. The lowest BCUT2D eigenvalue weighted by molar-refractivity contribution is 0.477. The van der Waals surface area contributed by atoms with Gasteiger partial charge in [0.2, 0.25) is 5.78 Å². The fourth-order valence-corrected chi connectivity index (χ4v) is 3.71. The van der Waals surface area contributed by atoms with Crippen molar-refractivity contribution < 1.29 is 5.11 Å². The Bertz CT molecular complexity index is 1170. The number of hydrogen-bond donors (Lipinski definition) is 2. The van der Waals surface area contributed by atoms with Crippen molar-refractivity contribution in [3.8, 4) is 28.3 Å². The number of hydrogen-bond acceptors (Lipinski definition) is 4. The molecule has 25 heavy (non-hydrogen) atoms. The standard InChI is InChI=1S/C19H13BrN4O/c1-10-3-2-4-12-14-7-8-21-19-23-17(18(24(14)19)22-16(10)12)13-9-11(20)5-6-15(13)25/h2-9,22,25H,1H3. The van der Waals surface area contributed by atoms with E-state index >= 15 is 0 Å². The van der Waals surface area contributed by atoms with Gasteiger partial charge in [0.1, 0.15) is 17.3 Å². The van der Waals surface area contributed by atoms with Crippen molar-refractivity contribution in [1.29, 1.82) is 0 Å². The van der Waals surface area contributed by atoms with Gasteiger partial charge in [-0.2, -0.15) is 0 Å². The third kappa shape index (κ3) is 2.01. The zero-order valence-corrected chi connectivity index (χ0v) is 14.9. The Labute approximate surface area is 152 Å². The molecule has 0 fully saturated rings. The number of aromatic nitrogens is 3. The van der Waals surface area contributed by atoms with Crippen LogP contribution in [-0.2, 0) is 0 Å². The second-order valence-electron chi connectivity index (χ2n) is 6.06. The summed E-state index contributed by atoms with van der Waals surface area (Å²) in [6, 6.07) is 13.5. The maximum absolute atomic E-state index is 10.4. The molecule has 0 saturated heterocycles. The maximum Gasteiger partial charge on any atom is 0.236 e. The summed E-state index contributed by atoms with van der Waals surface area (Å²) in [5, 5.41) is 13.9. The minimum atomic E-state index is 0.182. The minimum absolute atomic E-state index is 0.182. The lowest BCUT2D eigenvalue weighted by atomic mass is 10.0. The third-order valence-electron chi connectivity index (χ3n) is 4.53. The number of phenols is 1. The Morgan fingerprint density at radius 2 is 2.00 bits per heavy atom.